The first-order chi connectivity index (χ1) is 10.3. The maximum atomic E-state index is 11.3. The van der Waals surface area contributed by atoms with Gasteiger partial charge in [0.1, 0.15) is 0 Å². The van der Waals surface area contributed by atoms with E-state index in [2.05, 4.69) is 10.3 Å². The smallest absolute Gasteiger partial charge is 0.224 e. The standard InChI is InChI=1S/C18H18N2O/c1-2-18(21)20-17-12-10-16(11-13-17)19-14-6-9-15-7-4-3-5-8-15/h3-14H,2H2,1H3,(H,20,21)/b9-6+,19-14?. The Kier molecular flexibility index (Phi) is 5.47. The topological polar surface area (TPSA) is 41.5 Å². The van der Waals surface area contributed by atoms with Crippen molar-refractivity contribution in [3.8, 4) is 0 Å². The summed E-state index contributed by atoms with van der Waals surface area (Å²) in [4.78, 5) is 15.6. The molecule has 106 valence electrons. The molecule has 2 aromatic carbocycles. The highest BCUT2D eigenvalue weighted by molar-refractivity contribution is 5.90. The lowest BCUT2D eigenvalue weighted by Crippen LogP contribution is -2.08. The van der Waals surface area contributed by atoms with E-state index in [4.69, 9.17) is 0 Å². The van der Waals surface area contributed by atoms with Gasteiger partial charge in [-0.1, -0.05) is 43.3 Å². The minimum Gasteiger partial charge on any atom is -0.326 e. The average molecular weight is 278 g/mol. The van der Waals surface area contributed by atoms with Crippen molar-refractivity contribution < 1.29 is 4.79 Å². The number of allylic oxidation sites excluding steroid dienone is 1. The maximum absolute atomic E-state index is 11.3. The molecule has 0 aromatic heterocycles. The van der Waals surface area contributed by atoms with E-state index in [1.807, 2.05) is 73.7 Å². The van der Waals surface area contributed by atoms with Gasteiger partial charge in [-0.25, -0.2) is 0 Å². The zero-order valence-corrected chi connectivity index (χ0v) is 12.0. The van der Waals surface area contributed by atoms with E-state index in [0.717, 1.165) is 16.9 Å². The van der Waals surface area contributed by atoms with Gasteiger partial charge >= 0.3 is 0 Å². The van der Waals surface area contributed by atoms with Gasteiger partial charge in [0.25, 0.3) is 0 Å². The van der Waals surface area contributed by atoms with Crippen molar-refractivity contribution in [1.29, 1.82) is 0 Å². The monoisotopic (exact) mass is 278 g/mol. The molecule has 2 aromatic rings. The molecule has 0 saturated carbocycles. The summed E-state index contributed by atoms with van der Waals surface area (Å²) in [5, 5.41) is 2.80. The van der Waals surface area contributed by atoms with Gasteiger partial charge in [0.05, 0.1) is 5.69 Å². The third-order valence-corrected chi connectivity index (χ3v) is 2.87. The Morgan fingerprint density at radius 1 is 1.10 bits per heavy atom. The Hall–Kier alpha value is -2.68. The molecule has 0 atom stereocenters. The highest BCUT2D eigenvalue weighted by Crippen LogP contribution is 2.16. The summed E-state index contributed by atoms with van der Waals surface area (Å²) in [7, 11) is 0. The van der Waals surface area contributed by atoms with Gasteiger partial charge in [-0.3, -0.25) is 9.79 Å². The van der Waals surface area contributed by atoms with Crippen molar-refractivity contribution >= 4 is 29.6 Å². The number of rotatable bonds is 5. The zero-order chi connectivity index (χ0) is 14.9. The molecule has 1 amide bonds. The molecule has 21 heavy (non-hydrogen) atoms. The van der Waals surface area contributed by atoms with E-state index in [9.17, 15) is 4.79 Å². The Bertz CT molecular complexity index is 628. The molecule has 2 rings (SSSR count). The maximum Gasteiger partial charge on any atom is 0.224 e. The van der Waals surface area contributed by atoms with E-state index < -0.39 is 0 Å². The molecule has 0 bridgehead atoms. The second kappa shape index (κ2) is 7.80. The first-order valence-corrected chi connectivity index (χ1v) is 6.93. The second-order valence-electron chi connectivity index (χ2n) is 4.50. The lowest BCUT2D eigenvalue weighted by molar-refractivity contribution is -0.115. The predicted molar refractivity (Wildman–Crippen MR) is 89.0 cm³/mol. The minimum atomic E-state index is 0.0112. The fourth-order valence-corrected chi connectivity index (χ4v) is 1.73. The summed E-state index contributed by atoms with van der Waals surface area (Å²) < 4.78 is 0. The minimum absolute atomic E-state index is 0.0112. The van der Waals surface area contributed by atoms with Crippen LogP contribution in [0.25, 0.3) is 6.08 Å². The molecular weight excluding hydrogens is 260 g/mol. The first-order valence-electron chi connectivity index (χ1n) is 6.93. The normalized spacial score (nSPS) is 11.1. The van der Waals surface area contributed by atoms with Gasteiger partial charge in [0, 0.05) is 18.3 Å². The molecule has 0 heterocycles. The number of nitrogens with zero attached hydrogens (tertiary/aromatic N) is 1. The molecule has 3 nitrogen and oxygen atoms in total. The number of benzene rings is 2. The Labute approximate surface area is 125 Å². The van der Waals surface area contributed by atoms with Crippen LogP contribution in [-0.2, 0) is 4.79 Å². The third-order valence-electron chi connectivity index (χ3n) is 2.87. The van der Waals surface area contributed by atoms with Crippen LogP contribution in [0.1, 0.15) is 18.9 Å². The van der Waals surface area contributed by atoms with Crippen LogP contribution in [0.3, 0.4) is 0 Å². The number of carbonyl (C=O) groups is 1. The number of carbonyl (C=O) groups excluding carboxylic acids is 1. The third kappa shape index (κ3) is 5.07. The lowest BCUT2D eigenvalue weighted by Gasteiger charge is -2.02. The predicted octanol–water partition coefficient (Wildman–Crippen LogP) is 4.45. The van der Waals surface area contributed by atoms with Crippen molar-refractivity contribution in [1.82, 2.24) is 0 Å². The number of nitrogens with one attached hydrogen (secondary N) is 1. The molecule has 0 fully saturated rings. The zero-order valence-electron chi connectivity index (χ0n) is 12.0. The van der Waals surface area contributed by atoms with E-state index in [1.54, 1.807) is 6.21 Å². The molecule has 1 N–H and O–H groups in total. The lowest BCUT2D eigenvalue weighted by atomic mass is 10.2. The largest absolute Gasteiger partial charge is 0.326 e. The summed E-state index contributed by atoms with van der Waals surface area (Å²) in [5.41, 5.74) is 2.78. The number of hydrogen-bond donors (Lipinski definition) is 1. The molecule has 0 spiro atoms. The van der Waals surface area contributed by atoms with E-state index >= 15 is 0 Å². The molecule has 0 unspecified atom stereocenters. The van der Waals surface area contributed by atoms with Gasteiger partial charge < -0.3 is 5.32 Å². The SMILES string of the molecule is CCC(=O)Nc1ccc(N=C/C=C/c2ccccc2)cc1. The van der Waals surface area contributed by atoms with Gasteiger partial charge in [-0.15, -0.1) is 0 Å². The van der Waals surface area contributed by atoms with Crippen LogP contribution >= 0.6 is 0 Å². The number of aliphatic imine (C=N–C) groups is 1. The Morgan fingerprint density at radius 3 is 2.48 bits per heavy atom. The molecular formula is C18H18N2O. The number of hydrogen-bond acceptors (Lipinski definition) is 2. The molecule has 0 saturated heterocycles. The Balaban J connectivity index is 1.92. The van der Waals surface area contributed by atoms with Gasteiger partial charge in [-0.2, -0.15) is 0 Å². The Morgan fingerprint density at radius 2 is 1.81 bits per heavy atom. The second-order valence-corrected chi connectivity index (χ2v) is 4.50. The van der Waals surface area contributed by atoms with Crippen LogP contribution in [0, 0.1) is 0 Å². The summed E-state index contributed by atoms with van der Waals surface area (Å²) in [6, 6.07) is 17.5. The molecule has 0 aliphatic rings. The summed E-state index contributed by atoms with van der Waals surface area (Å²) in [6.45, 7) is 1.83. The fourth-order valence-electron chi connectivity index (χ4n) is 1.73. The van der Waals surface area contributed by atoms with E-state index in [0.29, 0.717) is 6.42 Å². The van der Waals surface area contributed by atoms with Crippen LogP contribution in [0.2, 0.25) is 0 Å². The molecule has 0 aliphatic carbocycles. The first kappa shape index (κ1) is 14.7. The summed E-state index contributed by atoms with van der Waals surface area (Å²) >= 11 is 0. The van der Waals surface area contributed by atoms with Crippen LogP contribution in [-0.4, -0.2) is 12.1 Å². The van der Waals surface area contributed by atoms with Gasteiger partial charge in [-0.05, 0) is 35.9 Å². The number of anilines is 1. The summed E-state index contributed by atoms with van der Waals surface area (Å²) in [6.07, 6.45) is 6.14. The van der Waals surface area contributed by atoms with Gasteiger partial charge in [0.15, 0.2) is 0 Å². The van der Waals surface area contributed by atoms with Crippen molar-refractivity contribution in [2.45, 2.75) is 13.3 Å². The van der Waals surface area contributed by atoms with Crippen LogP contribution < -0.4 is 5.32 Å². The summed E-state index contributed by atoms with van der Waals surface area (Å²) in [5.74, 6) is 0.0112. The van der Waals surface area contributed by atoms with Gasteiger partial charge in [0.2, 0.25) is 5.91 Å². The van der Waals surface area contributed by atoms with Crippen LogP contribution in [0.15, 0.2) is 65.7 Å². The van der Waals surface area contributed by atoms with Crippen LogP contribution in [0.5, 0.6) is 0 Å². The highest BCUT2D eigenvalue weighted by Gasteiger charge is 1.97. The van der Waals surface area contributed by atoms with Crippen molar-refractivity contribution in [3.63, 3.8) is 0 Å². The molecule has 0 aliphatic heterocycles. The quantitative estimate of drug-likeness (QED) is 0.806. The highest BCUT2D eigenvalue weighted by atomic mass is 16.1. The van der Waals surface area contributed by atoms with Crippen molar-refractivity contribution in [3.05, 3.63) is 66.2 Å². The fraction of sp³-hybridized carbons (Fsp3) is 0.111. The molecule has 3 heteroatoms. The average Bonchev–Trinajstić information content (AvgIpc) is 2.54. The molecule has 0 radical (unpaired) electrons. The van der Waals surface area contributed by atoms with Crippen LogP contribution in [0.4, 0.5) is 11.4 Å². The number of amides is 1. The van der Waals surface area contributed by atoms with E-state index in [-0.39, 0.29) is 5.91 Å². The van der Waals surface area contributed by atoms with Crippen molar-refractivity contribution in [2.75, 3.05) is 5.32 Å². The van der Waals surface area contributed by atoms with Crippen molar-refractivity contribution in [2.24, 2.45) is 4.99 Å². The van der Waals surface area contributed by atoms with E-state index in [1.165, 1.54) is 0 Å².